The minimum Gasteiger partial charge on any atom is -0.496 e. The molecular formula is C21H31N3O3. The zero-order valence-corrected chi connectivity index (χ0v) is 17.1. The average Bonchev–Trinajstić information content (AvgIpc) is 2.97. The van der Waals surface area contributed by atoms with Gasteiger partial charge in [-0.15, -0.1) is 0 Å². The van der Waals surface area contributed by atoms with Crippen molar-refractivity contribution in [1.29, 1.82) is 0 Å². The summed E-state index contributed by atoms with van der Waals surface area (Å²) in [6.45, 7) is 11.1. The Balaban J connectivity index is 2.07. The molecule has 0 aliphatic rings. The highest BCUT2D eigenvalue weighted by Crippen LogP contribution is 2.26. The molecule has 0 radical (unpaired) electrons. The molecule has 0 saturated heterocycles. The van der Waals surface area contributed by atoms with Gasteiger partial charge in [-0.3, -0.25) is 0 Å². The maximum Gasteiger partial charge on any atom is 0.191 e. The van der Waals surface area contributed by atoms with Gasteiger partial charge in [-0.05, 0) is 57.9 Å². The zero-order valence-electron chi connectivity index (χ0n) is 17.1. The third-order valence-electron chi connectivity index (χ3n) is 4.44. The van der Waals surface area contributed by atoms with E-state index in [2.05, 4.69) is 21.7 Å². The van der Waals surface area contributed by atoms with Gasteiger partial charge in [-0.25, -0.2) is 4.99 Å². The predicted octanol–water partition coefficient (Wildman–Crippen LogP) is 3.18. The van der Waals surface area contributed by atoms with Gasteiger partial charge in [-0.2, -0.15) is 0 Å². The minimum absolute atomic E-state index is 0.320. The summed E-state index contributed by atoms with van der Waals surface area (Å²) in [6.07, 6.45) is 0. The van der Waals surface area contributed by atoms with Crippen molar-refractivity contribution in [1.82, 2.24) is 10.6 Å². The summed E-state index contributed by atoms with van der Waals surface area (Å²) in [5, 5.41) is 17.3. The Morgan fingerprint density at radius 3 is 2.52 bits per heavy atom. The second-order valence-corrected chi connectivity index (χ2v) is 6.95. The van der Waals surface area contributed by atoms with Gasteiger partial charge in [0.25, 0.3) is 0 Å². The standard InChI is InChI=1S/C21H31N3O3/c1-7-22-20(23-12-17-8-9-19(26-6)14(2)10-17)24-13-21(5,25)18-11-15(3)27-16(18)4/h8-11,25H,7,12-13H2,1-6H3,(H2,22,23,24). The second-order valence-electron chi connectivity index (χ2n) is 6.95. The van der Waals surface area contributed by atoms with Crippen molar-refractivity contribution >= 4 is 5.96 Å². The number of hydrogen-bond donors (Lipinski definition) is 3. The van der Waals surface area contributed by atoms with Gasteiger partial charge in [0.05, 0.1) is 20.2 Å². The smallest absolute Gasteiger partial charge is 0.191 e. The quantitative estimate of drug-likeness (QED) is 0.513. The van der Waals surface area contributed by atoms with Crippen molar-refractivity contribution < 1.29 is 14.3 Å². The molecule has 1 atom stereocenters. The van der Waals surface area contributed by atoms with Crippen molar-refractivity contribution in [2.24, 2.45) is 4.99 Å². The Morgan fingerprint density at radius 2 is 1.96 bits per heavy atom. The monoisotopic (exact) mass is 373 g/mol. The first kappa shape index (κ1) is 20.8. The summed E-state index contributed by atoms with van der Waals surface area (Å²) < 4.78 is 10.8. The maximum atomic E-state index is 10.9. The number of nitrogens with zero attached hydrogens (tertiary/aromatic N) is 1. The lowest BCUT2D eigenvalue weighted by Crippen LogP contribution is -2.44. The number of methoxy groups -OCH3 is 1. The average molecular weight is 373 g/mol. The van der Waals surface area contributed by atoms with E-state index in [9.17, 15) is 5.11 Å². The fourth-order valence-electron chi connectivity index (χ4n) is 3.07. The van der Waals surface area contributed by atoms with Crippen LogP contribution in [0.3, 0.4) is 0 Å². The van der Waals surface area contributed by atoms with Gasteiger partial charge >= 0.3 is 0 Å². The van der Waals surface area contributed by atoms with E-state index in [0.717, 1.165) is 40.5 Å². The van der Waals surface area contributed by atoms with Gasteiger partial charge in [0, 0.05) is 12.1 Å². The Hall–Kier alpha value is -2.47. The molecule has 1 unspecified atom stereocenters. The fraction of sp³-hybridized carbons (Fsp3) is 0.476. The molecule has 2 aromatic rings. The Kier molecular flexibility index (Phi) is 6.91. The van der Waals surface area contributed by atoms with Crippen molar-refractivity contribution in [2.75, 3.05) is 20.2 Å². The normalized spacial score (nSPS) is 14.0. The summed E-state index contributed by atoms with van der Waals surface area (Å²) in [6, 6.07) is 7.91. The number of hydrogen-bond acceptors (Lipinski definition) is 4. The number of guanidine groups is 1. The first-order chi connectivity index (χ1) is 12.8. The summed E-state index contributed by atoms with van der Waals surface area (Å²) in [5.74, 6) is 3.05. The van der Waals surface area contributed by atoms with Crippen LogP contribution < -0.4 is 15.4 Å². The van der Waals surface area contributed by atoms with E-state index in [1.807, 2.05) is 45.9 Å². The zero-order chi connectivity index (χ0) is 20.0. The Morgan fingerprint density at radius 1 is 1.22 bits per heavy atom. The lowest BCUT2D eigenvalue weighted by atomic mass is 9.96. The molecule has 0 fully saturated rings. The SMILES string of the molecule is CCNC(=NCc1ccc(OC)c(C)c1)NCC(C)(O)c1cc(C)oc1C. The number of ether oxygens (including phenoxy) is 1. The predicted molar refractivity (Wildman–Crippen MR) is 108 cm³/mol. The highest BCUT2D eigenvalue weighted by atomic mass is 16.5. The van der Waals surface area contributed by atoms with Crippen LogP contribution in [-0.2, 0) is 12.1 Å². The molecule has 1 aromatic heterocycles. The van der Waals surface area contributed by atoms with Crippen molar-refractivity contribution in [3.8, 4) is 5.75 Å². The summed E-state index contributed by atoms with van der Waals surface area (Å²) in [4.78, 5) is 4.62. The first-order valence-corrected chi connectivity index (χ1v) is 9.22. The highest BCUT2D eigenvalue weighted by Gasteiger charge is 2.27. The third kappa shape index (κ3) is 5.50. The van der Waals surface area contributed by atoms with Crippen LogP contribution in [0.1, 0.15) is 42.1 Å². The topological polar surface area (TPSA) is 79.0 Å². The summed E-state index contributed by atoms with van der Waals surface area (Å²) in [7, 11) is 1.67. The lowest BCUT2D eigenvalue weighted by molar-refractivity contribution is 0.0601. The van der Waals surface area contributed by atoms with E-state index in [-0.39, 0.29) is 0 Å². The molecule has 148 valence electrons. The van der Waals surface area contributed by atoms with Gasteiger partial charge in [0.1, 0.15) is 22.9 Å². The van der Waals surface area contributed by atoms with Crippen LogP contribution in [0, 0.1) is 20.8 Å². The van der Waals surface area contributed by atoms with Crippen LogP contribution in [0.15, 0.2) is 33.7 Å². The van der Waals surface area contributed by atoms with Crippen LogP contribution in [0.4, 0.5) is 0 Å². The molecule has 3 N–H and O–H groups in total. The molecule has 0 spiro atoms. The Bertz CT molecular complexity index is 794. The largest absolute Gasteiger partial charge is 0.496 e. The maximum absolute atomic E-state index is 10.9. The van der Waals surface area contributed by atoms with E-state index in [0.29, 0.717) is 19.0 Å². The van der Waals surface area contributed by atoms with Crippen LogP contribution >= 0.6 is 0 Å². The van der Waals surface area contributed by atoms with E-state index < -0.39 is 5.60 Å². The number of aryl methyl sites for hydroxylation is 3. The van der Waals surface area contributed by atoms with E-state index in [1.165, 1.54) is 0 Å². The molecule has 0 bridgehead atoms. The van der Waals surface area contributed by atoms with Gasteiger partial charge in [-0.1, -0.05) is 12.1 Å². The van der Waals surface area contributed by atoms with E-state index in [1.54, 1.807) is 14.0 Å². The first-order valence-electron chi connectivity index (χ1n) is 9.22. The van der Waals surface area contributed by atoms with Gasteiger partial charge in [0.15, 0.2) is 5.96 Å². The summed E-state index contributed by atoms with van der Waals surface area (Å²) in [5.41, 5.74) is 1.90. The van der Waals surface area contributed by atoms with E-state index in [4.69, 9.17) is 9.15 Å². The fourth-order valence-corrected chi connectivity index (χ4v) is 3.07. The molecular weight excluding hydrogens is 342 g/mol. The lowest BCUT2D eigenvalue weighted by Gasteiger charge is -2.24. The van der Waals surface area contributed by atoms with Crippen LogP contribution in [0.2, 0.25) is 0 Å². The molecule has 6 heteroatoms. The molecule has 1 heterocycles. The van der Waals surface area contributed by atoms with Gasteiger partial charge in [0.2, 0.25) is 0 Å². The van der Waals surface area contributed by atoms with E-state index >= 15 is 0 Å². The molecule has 27 heavy (non-hydrogen) atoms. The molecule has 0 aliphatic carbocycles. The number of aliphatic imine (C=N–C) groups is 1. The molecule has 0 amide bonds. The van der Waals surface area contributed by atoms with Crippen LogP contribution in [0.5, 0.6) is 5.75 Å². The Labute approximate surface area is 161 Å². The number of furan rings is 1. The van der Waals surface area contributed by atoms with Crippen molar-refractivity contribution in [2.45, 2.75) is 46.8 Å². The molecule has 0 saturated carbocycles. The van der Waals surface area contributed by atoms with Crippen LogP contribution in [0.25, 0.3) is 0 Å². The number of aliphatic hydroxyl groups is 1. The van der Waals surface area contributed by atoms with Crippen molar-refractivity contribution in [3.05, 3.63) is 52.5 Å². The number of rotatable bonds is 7. The van der Waals surface area contributed by atoms with Crippen molar-refractivity contribution in [3.63, 3.8) is 0 Å². The molecule has 6 nitrogen and oxygen atoms in total. The summed E-state index contributed by atoms with van der Waals surface area (Å²) >= 11 is 0. The molecule has 2 rings (SSSR count). The second kappa shape index (κ2) is 8.95. The highest BCUT2D eigenvalue weighted by molar-refractivity contribution is 5.79. The third-order valence-corrected chi connectivity index (χ3v) is 4.44. The number of nitrogens with one attached hydrogen (secondary N) is 2. The molecule has 1 aromatic carbocycles. The minimum atomic E-state index is -1.06. The van der Waals surface area contributed by atoms with Gasteiger partial charge < -0.3 is 24.9 Å². The van der Waals surface area contributed by atoms with Crippen LogP contribution in [-0.4, -0.2) is 31.3 Å². The number of benzene rings is 1. The molecule has 0 aliphatic heterocycles.